The number of carbonyl (C=O) groups is 1. The van der Waals surface area contributed by atoms with Crippen molar-refractivity contribution < 1.29 is 4.79 Å². The summed E-state index contributed by atoms with van der Waals surface area (Å²) < 4.78 is 1.10. The zero-order valence-corrected chi connectivity index (χ0v) is 10.5. The van der Waals surface area contributed by atoms with Crippen LogP contribution >= 0.6 is 22.6 Å². The third kappa shape index (κ3) is 2.59. The first kappa shape index (κ1) is 10.7. The van der Waals surface area contributed by atoms with Gasteiger partial charge in [-0.1, -0.05) is 18.2 Å². The van der Waals surface area contributed by atoms with Gasteiger partial charge >= 0.3 is 0 Å². The topological polar surface area (TPSA) is 20.3 Å². The van der Waals surface area contributed by atoms with Gasteiger partial charge in [-0.25, -0.2) is 0 Å². The van der Waals surface area contributed by atoms with E-state index in [4.69, 9.17) is 0 Å². The molecule has 0 fully saturated rings. The lowest BCUT2D eigenvalue weighted by molar-refractivity contribution is 0.0771. The molecule has 0 unspecified atom stereocenters. The van der Waals surface area contributed by atoms with Crippen LogP contribution < -0.4 is 0 Å². The van der Waals surface area contributed by atoms with Crippen LogP contribution in [-0.4, -0.2) is 23.9 Å². The molecule has 0 aromatic heterocycles. The van der Waals surface area contributed by atoms with Crippen LogP contribution in [0.25, 0.3) is 0 Å². The minimum absolute atomic E-state index is 0.137. The van der Waals surface area contributed by atoms with Crippen LogP contribution in [-0.2, 0) is 0 Å². The van der Waals surface area contributed by atoms with Crippen LogP contribution in [0, 0.1) is 3.57 Å². The molecular formula is C12H12INO. The molecule has 0 bridgehead atoms. The van der Waals surface area contributed by atoms with Crippen molar-refractivity contribution in [1.29, 1.82) is 0 Å². The Bertz CT molecular complexity index is 400. The lowest BCUT2D eigenvalue weighted by atomic mass is 10.1. The Hall–Kier alpha value is -0.840. The Kier molecular flexibility index (Phi) is 3.41. The first-order valence-corrected chi connectivity index (χ1v) is 6.05. The molecule has 0 spiro atoms. The van der Waals surface area contributed by atoms with Gasteiger partial charge in [-0.2, -0.15) is 0 Å². The van der Waals surface area contributed by atoms with Gasteiger partial charge in [0.2, 0.25) is 0 Å². The van der Waals surface area contributed by atoms with E-state index in [1.807, 2.05) is 29.2 Å². The Labute approximate surface area is 103 Å². The minimum atomic E-state index is 0.137. The molecule has 0 N–H and O–H groups in total. The molecule has 1 aromatic carbocycles. The maximum absolute atomic E-state index is 12.0. The molecule has 1 aliphatic rings. The molecule has 78 valence electrons. The zero-order chi connectivity index (χ0) is 10.7. The van der Waals surface area contributed by atoms with E-state index < -0.39 is 0 Å². The van der Waals surface area contributed by atoms with E-state index in [1.54, 1.807) is 0 Å². The predicted molar refractivity (Wildman–Crippen MR) is 68.8 cm³/mol. The number of carbonyl (C=O) groups excluding carboxylic acids is 1. The summed E-state index contributed by atoms with van der Waals surface area (Å²) in [4.78, 5) is 13.9. The van der Waals surface area contributed by atoms with Crippen LogP contribution in [0.4, 0.5) is 0 Å². The van der Waals surface area contributed by atoms with Crippen LogP contribution in [0.15, 0.2) is 36.4 Å². The lowest BCUT2D eigenvalue weighted by Gasteiger charge is -2.23. The highest BCUT2D eigenvalue weighted by molar-refractivity contribution is 14.1. The number of halogens is 1. The van der Waals surface area contributed by atoms with Crippen molar-refractivity contribution in [2.45, 2.75) is 6.42 Å². The third-order valence-electron chi connectivity index (χ3n) is 2.42. The minimum Gasteiger partial charge on any atom is -0.335 e. The molecule has 1 aliphatic heterocycles. The average Bonchev–Trinajstić information content (AvgIpc) is 2.29. The first-order chi connectivity index (χ1) is 7.27. The monoisotopic (exact) mass is 313 g/mol. The fourth-order valence-electron chi connectivity index (χ4n) is 1.63. The largest absolute Gasteiger partial charge is 0.335 e. The van der Waals surface area contributed by atoms with Gasteiger partial charge < -0.3 is 4.90 Å². The van der Waals surface area contributed by atoms with Gasteiger partial charge in [0.05, 0.1) is 0 Å². The second-order valence-electron chi connectivity index (χ2n) is 3.52. The van der Waals surface area contributed by atoms with Gasteiger partial charge in [0.25, 0.3) is 5.91 Å². The maximum atomic E-state index is 12.0. The quantitative estimate of drug-likeness (QED) is 0.577. The molecule has 1 amide bonds. The molecular weight excluding hydrogens is 301 g/mol. The molecule has 0 atom stereocenters. The van der Waals surface area contributed by atoms with E-state index in [1.165, 1.54) is 0 Å². The van der Waals surface area contributed by atoms with Crippen molar-refractivity contribution in [3.63, 3.8) is 0 Å². The highest BCUT2D eigenvalue weighted by Gasteiger charge is 2.15. The fraction of sp³-hybridized carbons (Fsp3) is 0.250. The lowest BCUT2D eigenvalue weighted by Crippen LogP contribution is -2.33. The van der Waals surface area contributed by atoms with E-state index >= 15 is 0 Å². The van der Waals surface area contributed by atoms with Gasteiger partial charge in [-0.05, 0) is 47.2 Å². The van der Waals surface area contributed by atoms with Crippen molar-refractivity contribution in [3.05, 3.63) is 45.6 Å². The molecule has 2 nitrogen and oxygen atoms in total. The van der Waals surface area contributed by atoms with Crippen LogP contribution in [0.5, 0.6) is 0 Å². The van der Waals surface area contributed by atoms with E-state index in [2.05, 4.69) is 34.7 Å². The number of hydrogen-bond donors (Lipinski definition) is 0. The predicted octanol–water partition coefficient (Wildman–Crippen LogP) is 2.69. The number of benzene rings is 1. The zero-order valence-electron chi connectivity index (χ0n) is 8.32. The molecule has 0 radical (unpaired) electrons. The van der Waals surface area contributed by atoms with E-state index in [9.17, 15) is 4.79 Å². The van der Waals surface area contributed by atoms with Crippen molar-refractivity contribution >= 4 is 28.5 Å². The van der Waals surface area contributed by atoms with Crippen molar-refractivity contribution in [3.8, 4) is 0 Å². The summed E-state index contributed by atoms with van der Waals surface area (Å²) in [6.45, 7) is 1.57. The Morgan fingerprint density at radius 3 is 2.87 bits per heavy atom. The van der Waals surface area contributed by atoms with Crippen molar-refractivity contribution in [2.24, 2.45) is 0 Å². The van der Waals surface area contributed by atoms with Crippen LogP contribution in [0.3, 0.4) is 0 Å². The van der Waals surface area contributed by atoms with Gasteiger partial charge in [0.15, 0.2) is 0 Å². The first-order valence-electron chi connectivity index (χ1n) is 4.97. The third-order valence-corrected chi connectivity index (χ3v) is 3.09. The van der Waals surface area contributed by atoms with E-state index in [0.717, 1.165) is 28.6 Å². The summed E-state index contributed by atoms with van der Waals surface area (Å²) >= 11 is 2.22. The molecule has 3 heteroatoms. The molecule has 0 saturated carbocycles. The molecule has 1 heterocycles. The molecule has 1 aromatic rings. The Morgan fingerprint density at radius 1 is 1.33 bits per heavy atom. The number of nitrogens with zero attached hydrogens (tertiary/aromatic N) is 1. The Morgan fingerprint density at radius 2 is 2.20 bits per heavy atom. The van der Waals surface area contributed by atoms with Gasteiger partial charge in [0, 0.05) is 22.2 Å². The summed E-state index contributed by atoms with van der Waals surface area (Å²) in [6, 6.07) is 7.73. The van der Waals surface area contributed by atoms with Crippen LogP contribution in [0.2, 0.25) is 0 Å². The number of rotatable bonds is 1. The smallest absolute Gasteiger partial charge is 0.254 e. The van der Waals surface area contributed by atoms with Gasteiger partial charge in [0.1, 0.15) is 0 Å². The standard InChI is InChI=1S/C12H12INO/c13-11-6-4-5-10(9-11)12(15)14-7-2-1-3-8-14/h1-2,4-6,9H,3,7-8H2. The molecule has 2 rings (SSSR count). The van der Waals surface area contributed by atoms with Gasteiger partial charge in [-0.15, -0.1) is 0 Å². The Balaban J connectivity index is 2.16. The normalized spacial score (nSPS) is 15.4. The molecule has 15 heavy (non-hydrogen) atoms. The summed E-state index contributed by atoms with van der Waals surface area (Å²) in [5, 5.41) is 0. The molecule has 0 saturated heterocycles. The number of amides is 1. The van der Waals surface area contributed by atoms with E-state index in [0.29, 0.717) is 0 Å². The maximum Gasteiger partial charge on any atom is 0.254 e. The van der Waals surface area contributed by atoms with E-state index in [-0.39, 0.29) is 5.91 Å². The van der Waals surface area contributed by atoms with Gasteiger partial charge in [-0.3, -0.25) is 4.79 Å². The van der Waals surface area contributed by atoms with Crippen LogP contribution in [0.1, 0.15) is 16.8 Å². The highest BCUT2D eigenvalue weighted by atomic mass is 127. The summed E-state index contributed by atoms with van der Waals surface area (Å²) in [5.41, 5.74) is 0.789. The highest BCUT2D eigenvalue weighted by Crippen LogP contribution is 2.12. The van der Waals surface area contributed by atoms with Crippen molar-refractivity contribution in [1.82, 2.24) is 4.90 Å². The molecule has 0 aliphatic carbocycles. The summed E-state index contributed by atoms with van der Waals surface area (Å²) in [6.07, 6.45) is 5.14. The average molecular weight is 313 g/mol. The number of hydrogen-bond acceptors (Lipinski definition) is 1. The fourth-order valence-corrected chi connectivity index (χ4v) is 2.17. The second kappa shape index (κ2) is 4.79. The summed E-state index contributed by atoms with van der Waals surface area (Å²) in [7, 11) is 0. The second-order valence-corrected chi connectivity index (χ2v) is 4.77. The van der Waals surface area contributed by atoms with Crippen molar-refractivity contribution in [2.75, 3.05) is 13.1 Å². The SMILES string of the molecule is O=C(c1cccc(I)c1)N1CC=CCC1. The summed E-state index contributed by atoms with van der Waals surface area (Å²) in [5.74, 6) is 0.137.